The number of likely N-dealkylation sites (tertiary alicyclic amines) is 1. The molecule has 0 radical (unpaired) electrons. The molecule has 0 spiro atoms. The monoisotopic (exact) mass is 412 g/mol. The lowest BCUT2D eigenvalue weighted by Crippen LogP contribution is -2.35. The summed E-state index contributed by atoms with van der Waals surface area (Å²) in [5.41, 5.74) is 1.60. The quantitative estimate of drug-likeness (QED) is 0.449. The van der Waals surface area contributed by atoms with Crippen LogP contribution in [-0.2, 0) is 9.59 Å². The van der Waals surface area contributed by atoms with Crippen LogP contribution in [0.5, 0.6) is 5.75 Å². The van der Waals surface area contributed by atoms with E-state index in [4.69, 9.17) is 4.74 Å². The lowest BCUT2D eigenvalue weighted by molar-refractivity contribution is -0.140. The minimum absolute atomic E-state index is 0.0285. The molecule has 1 aliphatic heterocycles. The van der Waals surface area contributed by atoms with Gasteiger partial charge >= 0.3 is 0 Å². The van der Waals surface area contributed by atoms with E-state index in [0.29, 0.717) is 18.7 Å². The fourth-order valence-corrected chi connectivity index (χ4v) is 3.62. The molecule has 2 aromatic rings. The number of ether oxygens (including phenoxy) is 1. The molecule has 1 heterocycles. The zero-order valence-electron chi connectivity index (χ0n) is 17.5. The van der Waals surface area contributed by atoms with E-state index in [-0.39, 0.29) is 16.9 Å². The third-order valence-corrected chi connectivity index (χ3v) is 5.10. The number of ketones is 1. The Hall–Kier alpha value is -3.19. The Morgan fingerprint density at radius 2 is 1.93 bits per heavy atom. The number of carbonyl (C=O) groups excluding carboxylic acids is 2. The summed E-state index contributed by atoms with van der Waals surface area (Å²) in [6.45, 7) is 2.75. The van der Waals surface area contributed by atoms with E-state index in [9.17, 15) is 19.1 Å². The molecule has 0 aromatic heterocycles. The van der Waals surface area contributed by atoms with Crippen LogP contribution in [0.25, 0.3) is 5.76 Å². The van der Waals surface area contributed by atoms with Crippen LogP contribution in [0.1, 0.15) is 22.7 Å². The number of halogens is 1. The van der Waals surface area contributed by atoms with Crippen molar-refractivity contribution in [3.63, 3.8) is 0 Å². The normalized spacial score (nSPS) is 18.3. The first-order valence-corrected chi connectivity index (χ1v) is 9.58. The van der Waals surface area contributed by atoms with Gasteiger partial charge in [0.1, 0.15) is 17.3 Å². The maximum Gasteiger partial charge on any atom is 0.295 e. The van der Waals surface area contributed by atoms with Gasteiger partial charge in [0.05, 0.1) is 24.3 Å². The average molecular weight is 412 g/mol. The first kappa shape index (κ1) is 21.5. The maximum atomic E-state index is 13.9. The molecule has 0 bridgehead atoms. The molecule has 158 valence electrons. The average Bonchev–Trinajstić information content (AvgIpc) is 2.96. The highest BCUT2D eigenvalue weighted by molar-refractivity contribution is 6.46. The SMILES string of the molecule is COc1ccc(F)cc1/C(O)=C1\C(=O)C(=O)N(CCN(C)C)C1c1cccc(C)c1. The van der Waals surface area contributed by atoms with E-state index in [2.05, 4.69) is 0 Å². The highest BCUT2D eigenvalue weighted by atomic mass is 19.1. The smallest absolute Gasteiger partial charge is 0.295 e. The van der Waals surface area contributed by atoms with Crippen LogP contribution in [0.2, 0.25) is 0 Å². The summed E-state index contributed by atoms with van der Waals surface area (Å²) in [7, 11) is 5.13. The zero-order valence-corrected chi connectivity index (χ0v) is 17.5. The Kier molecular flexibility index (Phi) is 6.22. The maximum absolute atomic E-state index is 13.9. The second kappa shape index (κ2) is 8.67. The molecule has 1 unspecified atom stereocenters. The van der Waals surface area contributed by atoms with Crippen molar-refractivity contribution in [3.05, 3.63) is 70.5 Å². The Morgan fingerprint density at radius 1 is 1.20 bits per heavy atom. The van der Waals surface area contributed by atoms with Crippen molar-refractivity contribution < 1.29 is 23.8 Å². The van der Waals surface area contributed by atoms with Crippen LogP contribution in [0, 0.1) is 12.7 Å². The van der Waals surface area contributed by atoms with Crippen LogP contribution in [0.4, 0.5) is 4.39 Å². The number of Topliss-reactive ketones (excluding diaryl/α,β-unsaturated/α-hetero) is 1. The molecule has 3 rings (SSSR count). The van der Waals surface area contributed by atoms with Crippen molar-refractivity contribution in [2.75, 3.05) is 34.3 Å². The van der Waals surface area contributed by atoms with E-state index in [0.717, 1.165) is 11.6 Å². The van der Waals surface area contributed by atoms with Gasteiger partial charge in [0.15, 0.2) is 0 Å². The molecular formula is C23H25FN2O4. The number of amides is 1. The van der Waals surface area contributed by atoms with Crippen molar-refractivity contribution in [1.82, 2.24) is 9.80 Å². The molecule has 6 nitrogen and oxygen atoms in total. The number of carbonyl (C=O) groups is 2. The number of aryl methyl sites for hydroxylation is 1. The molecule has 2 aromatic carbocycles. The van der Waals surface area contributed by atoms with Crippen molar-refractivity contribution in [3.8, 4) is 5.75 Å². The number of likely N-dealkylation sites (N-methyl/N-ethyl adjacent to an activating group) is 1. The summed E-state index contributed by atoms with van der Waals surface area (Å²) in [4.78, 5) is 29.2. The summed E-state index contributed by atoms with van der Waals surface area (Å²) in [5, 5.41) is 11.1. The molecule has 1 N–H and O–H groups in total. The Bertz CT molecular complexity index is 1020. The van der Waals surface area contributed by atoms with Gasteiger partial charge in [-0.15, -0.1) is 0 Å². The molecule has 7 heteroatoms. The van der Waals surface area contributed by atoms with Crippen molar-refractivity contribution in [2.24, 2.45) is 0 Å². The lowest BCUT2D eigenvalue weighted by Gasteiger charge is -2.27. The molecule has 1 fully saturated rings. The molecule has 0 saturated carbocycles. The van der Waals surface area contributed by atoms with Crippen molar-refractivity contribution >= 4 is 17.4 Å². The Labute approximate surface area is 175 Å². The van der Waals surface area contributed by atoms with Crippen molar-refractivity contribution in [1.29, 1.82) is 0 Å². The number of aliphatic hydroxyl groups is 1. The fourth-order valence-electron chi connectivity index (χ4n) is 3.62. The van der Waals surface area contributed by atoms with Crippen LogP contribution >= 0.6 is 0 Å². The van der Waals surface area contributed by atoms with Gasteiger partial charge in [-0.1, -0.05) is 29.8 Å². The number of aliphatic hydroxyl groups excluding tert-OH is 1. The first-order valence-electron chi connectivity index (χ1n) is 9.58. The number of nitrogens with zero attached hydrogens (tertiary/aromatic N) is 2. The van der Waals surface area contributed by atoms with Crippen LogP contribution < -0.4 is 4.74 Å². The largest absolute Gasteiger partial charge is 0.507 e. The number of hydrogen-bond acceptors (Lipinski definition) is 5. The molecule has 1 atom stereocenters. The van der Waals surface area contributed by atoms with Gasteiger partial charge in [-0.25, -0.2) is 4.39 Å². The predicted molar refractivity (Wildman–Crippen MR) is 112 cm³/mol. The molecule has 1 saturated heterocycles. The minimum atomic E-state index is -0.802. The molecular weight excluding hydrogens is 387 g/mol. The summed E-state index contributed by atoms with van der Waals surface area (Å²) in [5.74, 6) is -2.34. The molecule has 1 amide bonds. The van der Waals surface area contributed by atoms with E-state index in [1.807, 2.05) is 50.2 Å². The Balaban J connectivity index is 2.22. The van der Waals surface area contributed by atoms with E-state index in [1.165, 1.54) is 24.1 Å². The highest BCUT2D eigenvalue weighted by Crippen LogP contribution is 2.41. The van der Waals surface area contributed by atoms with Gasteiger partial charge in [-0.3, -0.25) is 9.59 Å². The van der Waals surface area contributed by atoms with E-state index >= 15 is 0 Å². The molecule has 1 aliphatic rings. The second-order valence-corrected chi connectivity index (χ2v) is 7.55. The highest BCUT2D eigenvalue weighted by Gasteiger charge is 2.46. The summed E-state index contributed by atoms with van der Waals surface area (Å²) in [6, 6.07) is 10.3. The zero-order chi connectivity index (χ0) is 22.0. The minimum Gasteiger partial charge on any atom is -0.507 e. The predicted octanol–water partition coefficient (Wildman–Crippen LogP) is 3.13. The van der Waals surface area contributed by atoms with Gasteiger partial charge in [-0.05, 0) is 44.8 Å². The summed E-state index contributed by atoms with van der Waals surface area (Å²) in [6.07, 6.45) is 0. The molecule has 30 heavy (non-hydrogen) atoms. The van der Waals surface area contributed by atoms with Gasteiger partial charge in [0.2, 0.25) is 0 Å². The fraction of sp³-hybridized carbons (Fsp3) is 0.304. The van der Waals surface area contributed by atoms with E-state index < -0.39 is 29.3 Å². The summed E-state index contributed by atoms with van der Waals surface area (Å²) >= 11 is 0. The van der Waals surface area contributed by atoms with Crippen LogP contribution in [-0.4, -0.2) is 60.9 Å². The number of methoxy groups -OCH3 is 1. The lowest BCUT2D eigenvalue weighted by atomic mass is 9.94. The third-order valence-electron chi connectivity index (χ3n) is 5.10. The van der Waals surface area contributed by atoms with Gasteiger partial charge in [-0.2, -0.15) is 0 Å². The number of rotatable bonds is 6. The third kappa shape index (κ3) is 4.07. The molecule has 0 aliphatic carbocycles. The van der Waals surface area contributed by atoms with Gasteiger partial charge in [0.25, 0.3) is 11.7 Å². The van der Waals surface area contributed by atoms with Crippen molar-refractivity contribution in [2.45, 2.75) is 13.0 Å². The van der Waals surface area contributed by atoms with Crippen LogP contribution in [0.15, 0.2) is 48.0 Å². The first-order chi connectivity index (χ1) is 14.2. The number of benzene rings is 2. The second-order valence-electron chi connectivity index (χ2n) is 7.55. The van der Waals surface area contributed by atoms with Gasteiger partial charge < -0.3 is 19.6 Å². The number of hydrogen-bond donors (Lipinski definition) is 1. The van der Waals surface area contributed by atoms with Crippen LogP contribution in [0.3, 0.4) is 0 Å². The summed E-state index contributed by atoms with van der Waals surface area (Å²) < 4.78 is 19.1. The van der Waals surface area contributed by atoms with E-state index in [1.54, 1.807) is 0 Å². The standard InChI is InChI=1S/C23H25FN2O4/c1-14-6-5-7-15(12-14)20-19(22(28)23(29)26(20)11-10-25(2)3)21(27)17-13-16(24)8-9-18(17)30-4/h5-9,12-13,20,27H,10-11H2,1-4H3/b21-19+. The topological polar surface area (TPSA) is 70.1 Å². The Morgan fingerprint density at radius 3 is 2.57 bits per heavy atom. The van der Waals surface area contributed by atoms with Gasteiger partial charge in [0, 0.05) is 13.1 Å².